The molecule has 2 saturated heterocycles. The molecule has 3 atom stereocenters. The highest BCUT2D eigenvalue weighted by molar-refractivity contribution is 7.10. The Labute approximate surface area is 202 Å². The second-order valence-corrected chi connectivity index (χ2v) is 10.5. The first-order valence-electron chi connectivity index (χ1n) is 11.4. The summed E-state index contributed by atoms with van der Waals surface area (Å²) in [5.74, 6) is 0.248. The molecule has 4 aromatic rings. The molecule has 0 unspecified atom stereocenters. The van der Waals surface area contributed by atoms with Crippen molar-refractivity contribution in [3.63, 3.8) is 0 Å². The predicted octanol–water partition coefficient (Wildman–Crippen LogP) is 5.18. The van der Waals surface area contributed by atoms with E-state index in [4.69, 9.17) is 4.98 Å². The smallest absolute Gasteiger partial charge is 0.359 e. The SMILES string of the molecule is Cc1cc(N2C[C@@H]3CC[C@]4(C2)[C@H]3N4c2nc3c(-c4cc(F)ccc4C(F)(F)F)cccn3n2)sn1. The van der Waals surface area contributed by atoms with E-state index in [1.165, 1.54) is 22.1 Å². The maximum atomic E-state index is 14.0. The lowest BCUT2D eigenvalue weighted by atomic mass is 9.99. The normalized spacial score (nSPS) is 25.4. The lowest BCUT2D eigenvalue weighted by Gasteiger charge is -2.29. The number of rotatable bonds is 3. The summed E-state index contributed by atoms with van der Waals surface area (Å²) in [5, 5.41) is 5.81. The number of aryl methyl sites for hydroxylation is 1. The Bertz CT molecular complexity index is 1480. The van der Waals surface area contributed by atoms with E-state index in [0.29, 0.717) is 17.9 Å². The topological polar surface area (TPSA) is 49.3 Å². The summed E-state index contributed by atoms with van der Waals surface area (Å²) in [6, 6.07) is 8.10. The number of benzene rings is 1. The van der Waals surface area contributed by atoms with E-state index in [1.807, 2.05) is 6.92 Å². The van der Waals surface area contributed by atoms with Crippen LogP contribution in [-0.4, -0.2) is 43.6 Å². The third-order valence-electron chi connectivity index (χ3n) is 7.63. The number of halogens is 4. The van der Waals surface area contributed by atoms with Gasteiger partial charge in [0.05, 0.1) is 22.8 Å². The molecule has 6 nitrogen and oxygen atoms in total. The van der Waals surface area contributed by atoms with Crippen LogP contribution in [0.15, 0.2) is 42.6 Å². The van der Waals surface area contributed by atoms with Gasteiger partial charge in [0.2, 0.25) is 5.95 Å². The summed E-state index contributed by atoms with van der Waals surface area (Å²) < 4.78 is 61.1. The quantitative estimate of drug-likeness (QED) is 0.287. The van der Waals surface area contributed by atoms with E-state index in [2.05, 4.69) is 25.3 Å². The van der Waals surface area contributed by atoms with Crippen molar-refractivity contribution in [1.29, 1.82) is 0 Å². The standard InChI is InChI=1S/C24H20F4N6S/c1-13-9-19(35-31-13)32-11-14-6-7-23(12-32)20(14)34(23)22-29-21-16(3-2-8-33(21)30-22)17-10-15(25)4-5-18(17)24(26,27)28/h2-5,8-10,14,20H,6-7,11-12H2,1H3/t14-,20-,23-,34?/m0/s1. The fourth-order valence-electron chi connectivity index (χ4n) is 6.21. The Kier molecular flexibility index (Phi) is 4.18. The van der Waals surface area contributed by atoms with Crippen molar-refractivity contribution in [2.45, 2.75) is 37.5 Å². The van der Waals surface area contributed by atoms with E-state index in [1.54, 1.807) is 12.3 Å². The van der Waals surface area contributed by atoms with Crippen LogP contribution in [0.2, 0.25) is 0 Å². The van der Waals surface area contributed by atoms with Gasteiger partial charge in [-0.1, -0.05) is 0 Å². The average Bonchev–Trinajstić information content (AvgIpc) is 3.09. The van der Waals surface area contributed by atoms with E-state index in [9.17, 15) is 17.6 Å². The number of pyridine rings is 1. The summed E-state index contributed by atoms with van der Waals surface area (Å²) >= 11 is 1.51. The summed E-state index contributed by atoms with van der Waals surface area (Å²) in [6.45, 7) is 3.78. The Morgan fingerprint density at radius 2 is 2.00 bits per heavy atom. The zero-order valence-electron chi connectivity index (χ0n) is 18.6. The first-order valence-corrected chi connectivity index (χ1v) is 12.2. The van der Waals surface area contributed by atoms with Crippen molar-refractivity contribution < 1.29 is 17.6 Å². The summed E-state index contributed by atoms with van der Waals surface area (Å²) in [5.41, 5.74) is 0.287. The van der Waals surface area contributed by atoms with Crippen molar-refractivity contribution in [1.82, 2.24) is 19.0 Å². The van der Waals surface area contributed by atoms with Crippen molar-refractivity contribution in [2.75, 3.05) is 22.9 Å². The van der Waals surface area contributed by atoms with E-state index < -0.39 is 17.6 Å². The van der Waals surface area contributed by atoms with Crippen molar-refractivity contribution in [3.05, 3.63) is 59.7 Å². The first kappa shape index (κ1) is 21.1. The molecule has 3 aromatic heterocycles. The molecular formula is C24H20F4N6S. The summed E-state index contributed by atoms with van der Waals surface area (Å²) in [6.07, 6.45) is -0.797. The van der Waals surface area contributed by atoms with Gasteiger partial charge in [-0.25, -0.2) is 8.91 Å². The van der Waals surface area contributed by atoms with Gasteiger partial charge in [0.1, 0.15) is 10.8 Å². The minimum atomic E-state index is -4.62. The summed E-state index contributed by atoms with van der Waals surface area (Å²) in [7, 11) is 0. The highest BCUT2D eigenvalue weighted by Crippen LogP contribution is 2.60. The molecule has 1 saturated carbocycles. The van der Waals surface area contributed by atoms with E-state index in [-0.39, 0.29) is 22.3 Å². The van der Waals surface area contributed by atoms with Gasteiger partial charge in [0.15, 0.2) is 5.65 Å². The molecular weight excluding hydrogens is 480 g/mol. The number of anilines is 2. The van der Waals surface area contributed by atoms with Crippen LogP contribution in [0.25, 0.3) is 16.8 Å². The van der Waals surface area contributed by atoms with Gasteiger partial charge in [-0.3, -0.25) is 0 Å². The lowest BCUT2D eigenvalue weighted by Crippen LogP contribution is -2.41. The highest BCUT2D eigenvalue weighted by atomic mass is 32.1. The molecule has 0 N–H and O–H groups in total. The fourth-order valence-corrected chi connectivity index (χ4v) is 6.98. The molecule has 2 aliphatic heterocycles. The third kappa shape index (κ3) is 3.03. The van der Waals surface area contributed by atoms with Crippen LogP contribution in [0.3, 0.4) is 0 Å². The van der Waals surface area contributed by atoms with Crippen LogP contribution in [0.1, 0.15) is 24.1 Å². The van der Waals surface area contributed by atoms with Gasteiger partial charge in [0.25, 0.3) is 0 Å². The number of piperidine rings is 2. The largest absolute Gasteiger partial charge is 0.417 e. The van der Waals surface area contributed by atoms with Crippen LogP contribution >= 0.6 is 11.5 Å². The number of aromatic nitrogens is 4. The molecule has 7 rings (SSSR count). The molecule has 0 spiro atoms. The molecule has 1 aromatic carbocycles. The maximum Gasteiger partial charge on any atom is 0.417 e. The Hall–Kier alpha value is -3.21. The predicted molar refractivity (Wildman–Crippen MR) is 124 cm³/mol. The second-order valence-electron chi connectivity index (χ2n) is 9.69. The number of hydrogen-bond acceptors (Lipinski definition) is 6. The van der Waals surface area contributed by atoms with Crippen LogP contribution in [0, 0.1) is 18.7 Å². The minimum Gasteiger partial charge on any atom is -0.359 e. The van der Waals surface area contributed by atoms with Gasteiger partial charge in [0, 0.05) is 30.4 Å². The minimum absolute atomic E-state index is 0.0676. The highest BCUT2D eigenvalue weighted by Gasteiger charge is 2.73. The average molecular weight is 501 g/mol. The number of fused-ring (bicyclic) bond motifs is 1. The zero-order valence-corrected chi connectivity index (χ0v) is 19.4. The van der Waals surface area contributed by atoms with Gasteiger partial charge in [-0.2, -0.15) is 22.5 Å². The van der Waals surface area contributed by atoms with Crippen molar-refractivity contribution >= 4 is 28.1 Å². The number of nitrogens with zero attached hydrogens (tertiary/aromatic N) is 6. The fraction of sp³-hybridized carbons (Fsp3) is 0.375. The molecule has 3 fully saturated rings. The molecule has 180 valence electrons. The van der Waals surface area contributed by atoms with Gasteiger partial charge >= 0.3 is 6.18 Å². The maximum absolute atomic E-state index is 14.0. The molecule has 0 radical (unpaired) electrons. The molecule has 35 heavy (non-hydrogen) atoms. The zero-order chi connectivity index (χ0) is 24.1. The number of alkyl halides is 3. The number of hydrogen-bond donors (Lipinski definition) is 0. The molecule has 3 aliphatic rings. The Morgan fingerprint density at radius 3 is 2.77 bits per heavy atom. The third-order valence-corrected chi connectivity index (χ3v) is 8.57. The van der Waals surface area contributed by atoms with Crippen molar-refractivity contribution in [2.24, 2.45) is 5.92 Å². The Balaban J connectivity index is 1.28. The molecule has 11 heteroatoms. The molecule has 2 bridgehead atoms. The lowest BCUT2D eigenvalue weighted by molar-refractivity contribution is -0.137. The first-order chi connectivity index (χ1) is 16.7. The van der Waals surface area contributed by atoms with Crippen LogP contribution in [-0.2, 0) is 6.18 Å². The van der Waals surface area contributed by atoms with Gasteiger partial charge < -0.3 is 9.80 Å². The molecule has 1 aliphatic carbocycles. The van der Waals surface area contributed by atoms with Gasteiger partial charge in [-0.05, 0) is 73.6 Å². The van der Waals surface area contributed by atoms with Crippen LogP contribution in [0.5, 0.6) is 0 Å². The summed E-state index contributed by atoms with van der Waals surface area (Å²) in [4.78, 5) is 9.33. The second kappa shape index (κ2) is 6.93. The van der Waals surface area contributed by atoms with Crippen LogP contribution in [0.4, 0.5) is 28.5 Å². The molecule has 5 heterocycles. The van der Waals surface area contributed by atoms with Crippen molar-refractivity contribution in [3.8, 4) is 11.1 Å². The van der Waals surface area contributed by atoms with E-state index >= 15 is 0 Å². The Morgan fingerprint density at radius 1 is 1.14 bits per heavy atom. The monoisotopic (exact) mass is 500 g/mol. The van der Waals surface area contributed by atoms with Crippen LogP contribution < -0.4 is 9.80 Å². The van der Waals surface area contributed by atoms with E-state index in [0.717, 1.165) is 54.8 Å². The molecule has 0 amide bonds. The van der Waals surface area contributed by atoms with Gasteiger partial charge in [-0.15, -0.1) is 5.10 Å².